The molecule has 3 rings (SSSR count). The number of ether oxygens (including phenoxy) is 2. The lowest BCUT2D eigenvalue weighted by molar-refractivity contribution is -0.699. The highest BCUT2D eigenvalue weighted by atomic mass is 79.9. The first-order chi connectivity index (χ1) is 11.3. The molecule has 24 heavy (non-hydrogen) atoms. The first-order valence-corrected chi connectivity index (χ1v) is 8.27. The van der Waals surface area contributed by atoms with Gasteiger partial charge in [0.15, 0.2) is 25.2 Å². The van der Waals surface area contributed by atoms with E-state index in [0.29, 0.717) is 0 Å². The Kier molecular flexibility index (Phi) is 7.63. The first kappa shape index (κ1) is 18.8. The van der Waals surface area contributed by atoms with Crippen LogP contribution in [0, 0.1) is 6.92 Å². The molecule has 3 nitrogen and oxygen atoms in total. The van der Waals surface area contributed by atoms with Crippen molar-refractivity contribution < 1.29 is 31.0 Å². The van der Waals surface area contributed by atoms with Crippen molar-refractivity contribution in [1.82, 2.24) is 0 Å². The summed E-state index contributed by atoms with van der Waals surface area (Å²) in [5, 5.41) is 0. The molecule has 1 fully saturated rings. The van der Waals surface area contributed by atoms with E-state index in [1.165, 1.54) is 16.7 Å². The molecule has 1 aliphatic heterocycles. The fourth-order valence-electron chi connectivity index (χ4n) is 2.56. The number of nitrogens with zero attached hydrogens (tertiary/aromatic N) is 1. The van der Waals surface area contributed by atoms with E-state index in [1.807, 2.05) is 0 Å². The average Bonchev–Trinajstić information content (AvgIpc) is 2.61. The molecule has 4 heteroatoms. The first-order valence-electron chi connectivity index (χ1n) is 8.27. The van der Waals surface area contributed by atoms with Crippen molar-refractivity contribution in [3.63, 3.8) is 0 Å². The number of benzene rings is 1. The third-order valence-electron chi connectivity index (χ3n) is 3.98. The Morgan fingerprint density at radius 2 is 1.54 bits per heavy atom. The van der Waals surface area contributed by atoms with E-state index in [2.05, 4.69) is 72.4 Å². The van der Waals surface area contributed by atoms with Crippen LogP contribution in [0.2, 0.25) is 0 Å². The summed E-state index contributed by atoms with van der Waals surface area (Å²) in [5.74, 6) is 0. The second kappa shape index (κ2) is 9.72. The van der Waals surface area contributed by atoms with E-state index in [4.69, 9.17) is 9.47 Å². The number of hydrogen-bond acceptors (Lipinski definition) is 2. The van der Waals surface area contributed by atoms with Gasteiger partial charge in [0.05, 0.1) is 19.6 Å². The van der Waals surface area contributed by atoms with Gasteiger partial charge in [0.25, 0.3) is 0 Å². The molecule has 0 N–H and O–H groups in total. The van der Waals surface area contributed by atoms with E-state index in [0.717, 1.165) is 32.6 Å². The molecule has 1 saturated heterocycles. The summed E-state index contributed by atoms with van der Waals surface area (Å²) in [6.45, 7) is 4.65. The highest BCUT2D eigenvalue weighted by Gasteiger charge is 2.15. The summed E-state index contributed by atoms with van der Waals surface area (Å²) >= 11 is 0. The molecule has 0 radical (unpaired) electrons. The SMILES string of the molecule is Cc1ccc(C=Cc2cc[n+](CCC3OCCCO3)cc2)cc1.[Br-]. The summed E-state index contributed by atoms with van der Waals surface area (Å²) in [6.07, 6.45) is 10.4. The maximum Gasteiger partial charge on any atom is 0.169 e. The summed E-state index contributed by atoms with van der Waals surface area (Å²) < 4.78 is 13.3. The number of rotatable bonds is 5. The zero-order chi connectivity index (χ0) is 15.9. The van der Waals surface area contributed by atoms with Crippen LogP contribution in [0.3, 0.4) is 0 Å². The maximum atomic E-state index is 5.57. The predicted octanol–water partition coefficient (Wildman–Crippen LogP) is 0.610. The van der Waals surface area contributed by atoms with Gasteiger partial charge in [-0.2, -0.15) is 0 Å². The second-order valence-corrected chi connectivity index (χ2v) is 5.93. The summed E-state index contributed by atoms with van der Waals surface area (Å²) in [4.78, 5) is 0. The van der Waals surface area contributed by atoms with Gasteiger partial charge >= 0.3 is 0 Å². The summed E-state index contributed by atoms with van der Waals surface area (Å²) in [6, 6.07) is 12.8. The fraction of sp³-hybridized carbons (Fsp3) is 0.350. The molecule has 0 aliphatic carbocycles. The highest BCUT2D eigenvalue weighted by Crippen LogP contribution is 2.10. The second-order valence-electron chi connectivity index (χ2n) is 5.93. The van der Waals surface area contributed by atoms with Crippen LogP contribution in [0.4, 0.5) is 0 Å². The van der Waals surface area contributed by atoms with Gasteiger partial charge in [-0.05, 0) is 24.5 Å². The molecule has 2 aromatic rings. The molecular weight excluding hydrogens is 366 g/mol. The quantitative estimate of drug-likeness (QED) is 0.699. The zero-order valence-electron chi connectivity index (χ0n) is 14.0. The minimum Gasteiger partial charge on any atom is -1.00 e. The van der Waals surface area contributed by atoms with Crippen molar-refractivity contribution in [2.75, 3.05) is 13.2 Å². The maximum absolute atomic E-state index is 5.57. The lowest BCUT2D eigenvalue weighted by Gasteiger charge is -2.21. The normalized spacial score (nSPS) is 15.4. The summed E-state index contributed by atoms with van der Waals surface area (Å²) in [5.41, 5.74) is 3.71. The van der Waals surface area contributed by atoms with Crippen LogP contribution in [0.5, 0.6) is 0 Å². The van der Waals surface area contributed by atoms with Crippen LogP contribution in [-0.2, 0) is 16.0 Å². The molecule has 0 bridgehead atoms. The molecule has 0 unspecified atom stereocenters. The number of aryl methyl sites for hydroxylation is 2. The molecule has 0 saturated carbocycles. The number of halogens is 1. The number of hydrogen-bond donors (Lipinski definition) is 0. The molecule has 1 aliphatic rings. The molecule has 1 aromatic carbocycles. The largest absolute Gasteiger partial charge is 1.00 e. The Labute approximate surface area is 154 Å². The molecule has 0 spiro atoms. The fourth-order valence-corrected chi connectivity index (χ4v) is 2.56. The topological polar surface area (TPSA) is 22.3 Å². The van der Waals surface area contributed by atoms with Crippen LogP contribution in [0.15, 0.2) is 48.8 Å². The number of pyridine rings is 1. The standard InChI is InChI=1S/C20H24NO2.BrH/c1-17-3-5-18(6-4-17)7-8-19-9-12-21(13-10-19)14-11-20-22-15-2-16-23-20;/h3-10,12-13,20H,2,11,14-16H2,1H3;1H/q+1;/p-1. The lowest BCUT2D eigenvalue weighted by Crippen LogP contribution is -3.00. The van der Waals surface area contributed by atoms with Gasteiger partial charge < -0.3 is 26.5 Å². The van der Waals surface area contributed by atoms with Crippen molar-refractivity contribution in [2.45, 2.75) is 32.6 Å². The van der Waals surface area contributed by atoms with Crippen molar-refractivity contribution in [3.8, 4) is 0 Å². The van der Waals surface area contributed by atoms with Gasteiger partial charge in [0, 0.05) is 12.1 Å². The smallest absolute Gasteiger partial charge is 0.169 e. The predicted molar refractivity (Wildman–Crippen MR) is 91.7 cm³/mol. The molecule has 0 atom stereocenters. The molecular formula is C20H24BrNO2. The van der Waals surface area contributed by atoms with Gasteiger partial charge in [0.1, 0.15) is 0 Å². The average molecular weight is 390 g/mol. The van der Waals surface area contributed by atoms with E-state index >= 15 is 0 Å². The van der Waals surface area contributed by atoms with E-state index < -0.39 is 0 Å². The Balaban J connectivity index is 0.00000208. The monoisotopic (exact) mass is 389 g/mol. The van der Waals surface area contributed by atoms with Crippen molar-refractivity contribution in [2.24, 2.45) is 0 Å². The summed E-state index contributed by atoms with van der Waals surface area (Å²) in [7, 11) is 0. The molecule has 128 valence electrons. The Morgan fingerprint density at radius 3 is 2.17 bits per heavy atom. The van der Waals surface area contributed by atoms with Gasteiger partial charge in [-0.1, -0.05) is 42.0 Å². The molecule has 2 heterocycles. The van der Waals surface area contributed by atoms with Crippen molar-refractivity contribution >= 4 is 12.2 Å². The molecule has 1 aromatic heterocycles. The van der Waals surface area contributed by atoms with Crippen LogP contribution >= 0.6 is 0 Å². The van der Waals surface area contributed by atoms with Gasteiger partial charge in [-0.3, -0.25) is 0 Å². The van der Waals surface area contributed by atoms with Gasteiger partial charge in [0.2, 0.25) is 0 Å². The zero-order valence-corrected chi connectivity index (χ0v) is 15.6. The van der Waals surface area contributed by atoms with Crippen LogP contribution < -0.4 is 21.5 Å². The van der Waals surface area contributed by atoms with E-state index in [-0.39, 0.29) is 23.3 Å². The number of aromatic nitrogens is 1. The molecule has 0 amide bonds. The van der Waals surface area contributed by atoms with Gasteiger partial charge in [-0.25, -0.2) is 4.57 Å². The Morgan fingerprint density at radius 1 is 0.958 bits per heavy atom. The Hall–Kier alpha value is -1.49. The van der Waals surface area contributed by atoms with E-state index in [1.54, 1.807) is 0 Å². The highest BCUT2D eigenvalue weighted by molar-refractivity contribution is 5.69. The third-order valence-corrected chi connectivity index (χ3v) is 3.98. The minimum absolute atomic E-state index is 0. The van der Waals surface area contributed by atoms with Crippen LogP contribution in [0.25, 0.3) is 12.2 Å². The van der Waals surface area contributed by atoms with Gasteiger partial charge in [-0.15, -0.1) is 0 Å². The van der Waals surface area contributed by atoms with Crippen molar-refractivity contribution in [1.29, 1.82) is 0 Å². The van der Waals surface area contributed by atoms with Crippen LogP contribution in [-0.4, -0.2) is 19.5 Å². The Bertz CT molecular complexity index is 632. The van der Waals surface area contributed by atoms with E-state index in [9.17, 15) is 0 Å². The third kappa shape index (κ3) is 5.86. The van der Waals surface area contributed by atoms with Crippen molar-refractivity contribution in [3.05, 3.63) is 65.5 Å². The van der Waals surface area contributed by atoms with Crippen LogP contribution in [0.1, 0.15) is 29.5 Å². The minimum atomic E-state index is -0.0441. The lowest BCUT2D eigenvalue weighted by atomic mass is 10.1.